The molecule has 0 unspecified atom stereocenters. The molecule has 14 heteroatoms. The number of quaternary nitrogens is 2. The normalized spacial score (nSPS) is 11.7. The van der Waals surface area contributed by atoms with Crippen LogP contribution in [0, 0.1) is 0 Å². The summed E-state index contributed by atoms with van der Waals surface area (Å²) in [6, 6.07) is 0. The summed E-state index contributed by atoms with van der Waals surface area (Å²) in [5, 5.41) is 8.55. The van der Waals surface area contributed by atoms with Gasteiger partial charge in [-0.2, -0.15) is 0 Å². The molecule has 6 amide bonds. The Bertz CT molecular complexity index is 1290. The van der Waals surface area contributed by atoms with Crippen LogP contribution in [0.15, 0.2) is 0 Å². The summed E-state index contributed by atoms with van der Waals surface area (Å²) in [7, 11) is -1.78. The molecule has 0 bridgehead atoms. The van der Waals surface area contributed by atoms with Crippen molar-refractivity contribution in [3.05, 3.63) is 0 Å². The molecular weight excluding hydrogens is 981 g/mol. The van der Waals surface area contributed by atoms with Crippen LogP contribution in [0.3, 0.4) is 0 Å². The third-order valence-corrected chi connectivity index (χ3v) is 15.2. The van der Waals surface area contributed by atoms with E-state index in [9.17, 15) is 28.8 Å². The molecule has 450 valence electrons. The highest BCUT2D eigenvalue weighted by molar-refractivity contribution is 7.80. The first-order valence-corrected chi connectivity index (χ1v) is 33.0. The van der Waals surface area contributed by atoms with Crippen LogP contribution in [0.2, 0.25) is 0 Å². The predicted molar refractivity (Wildman–Crippen MR) is 309 cm³/mol. The van der Waals surface area contributed by atoms with E-state index in [0.717, 1.165) is 116 Å². The number of rotatable bonds is 49. The molecule has 0 heterocycles. The zero-order chi connectivity index (χ0) is 57.6. The smallest absolute Gasteiger partial charge is 0.328 e. The molecule has 0 rings (SSSR count). The van der Waals surface area contributed by atoms with Crippen molar-refractivity contribution in [2.45, 2.75) is 350 Å². The molecule has 0 atom stereocenters. The van der Waals surface area contributed by atoms with Crippen LogP contribution < -0.4 is 5.26 Å². The minimum Gasteiger partial charge on any atom is -0.726 e. The number of amides is 6. The van der Waals surface area contributed by atoms with Crippen molar-refractivity contribution in [1.82, 2.24) is 0 Å². The maximum absolute atomic E-state index is 13.2. The highest BCUT2D eigenvalue weighted by atomic mass is 32.3. The molecule has 0 aliphatic carbocycles. The average molecular weight is 1100 g/mol. The molecule has 0 saturated heterocycles. The third-order valence-electron chi connectivity index (χ3n) is 15.0. The van der Waals surface area contributed by atoms with E-state index in [1.165, 1.54) is 154 Å². The highest BCUT2D eigenvalue weighted by Crippen LogP contribution is 2.23. The standard InChI is InChI=1S/2C31H60NO3.H2O5S/c2*1-5-8-11-14-17-20-23-26-29(33)32(4,30(34)27-24-21-18-15-12-9-6-2)31(35)28-25-22-19-16-13-10-7-3;1-5-6(2,3)4/h2*5-28H2,1-4H3;1H,(H,2,3,4)/q2*+1;/p-2. The minimum atomic E-state index is -4.97. The number of hydrogen-bond donors (Lipinski definition) is 0. The Morgan fingerprint density at radius 2 is 0.382 bits per heavy atom. The zero-order valence-electron chi connectivity index (χ0n) is 50.7. The Labute approximate surface area is 468 Å². The topological polar surface area (TPSA) is 192 Å². The van der Waals surface area contributed by atoms with E-state index >= 15 is 0 Å². The number of nitrogens with zero attached hydrogens (tertiary/aromatic N) is 2. The molecule has 0 aromatic rings. The fourth-order valence-corrected chi connectivity index (χ4v) is 9.58. The van der Waals surface area contributed by atoms with Crippen molar-refractivity contribution in [3.8, 4) is 0 Å². The Morgan fingerprint density at radius 3 is 0.487 bits per heavy atom. The molecule has 13 nitrogen and oxygen atoms in total. The Hall–Kier alpha value is -2.23. The fraction of sp³-hybridized carbons (Fsp3) is 0.903. The summed E-state index contributed by atoms with van der Waals surface area (Å²) in [6.45, 7) is 13.3. The summed E-state index contributed by atoms with van der Waals surface area (Å²) < 4.78 is 27.6. The van der Waals surface area contributed by atoms with Gasteiger partial charge in [0.1, 0.15) is 0 Å². The molecule has 0 spiro atoms. The van der Waals surface area contributed by atoms with E-state index in [1.807, 2.05) is 0 Å². The van der Waals surface area contributed by atoms with Crippen LogP contribution in [0.1, 0.15) is 350 Å². The molecule has 0 aromatic heterocycles. The van der Waals surface area contributed by atoms with Gasteiger partial charge < -0.3 is 14.1 Å². The first-order chi connectivity index (χ1) is 36.4. The van der Waals surface area contributed by atoms with E-state index in [0.29, 0.717) is 38.5 Å². The van der Waals surface area contributed by atoms with Gasteiger partial charge in [-0.1, -0.05) is 273 Å². The maximum Gasteiger partial charge on any atom is 0.328 e. The second-order valence-electron chi connectivity index (χ2n) is 22.1. The van der Waals surface area contributed by atoms with E-state index in [1.54, 1.807) is 14.1 Å². The molecule has 0 N–H and O–H groups in total. The van der Waals surface area contributed by atoms with Crippen molar-refractivity contribution in [1.29, 1.82) is 0 Å². The van der Waals surface area contributed by atoms with Crippen LogP contribution in [0.5, 0.6) is 0 Å². The van der Waals surface area contributed by atoms with Crippen LogP contribution >= 0.6 is 0 Å². The van der Waals surface area contributed by atoms with Gasteiger partial charge in [0.05, 0.1) is 52.6 Å². The summed E-state index contributed by atoms with van der Waals surface area (Å²) in [4.78, 5) is 79.4. The predicted octanol–water partition coefficient (Wildman–Crippen LogP) is 16.6. The van der Waals surface area contributed by atoms with Gasteiger partial charge in [0, 0.05) is 0 Å². The number of imide groups is 6. The van der Waals surface area contributed by atoms with Crippen molar-refractivity contribution in [2.75, 3.05) is 14.1 Å². The SMILES string of the molecule is CCCCCCCCCC(=O)[N+](C)(C(=O)CCCCCCCCC)C(=O)CCCCCCCCC.CCCCCCCCCC(=O)[N+](C)(C(=O)CCCCCCCCC)C(=O)CCCCCCCCC.O=S(=O)([O-])O[O-]. The van der Waals surface area contributed by atoms with E-state index < -0.39 is 19.4 Å². The molecule has 0 fully saturated rings. The fourth-order valence-electron chi connectivity index (χ4n) is 9.58. The first-order valence-electron chi connectivity index (χ1n) is 31.7. The molecule has 76 heavy (non-hydrogen) atoms. The number of carbonyl (C=O) groups excluding carboxylic acids is 6. The van der Waals surface area contributed by atoms with Crippen LogP contribution in [-0.4, -0.2) is 71.5 Å². The van der Waals surface area contributed by atoms with Crippen molar-refractivity contribution in [2.24, 2.45) is 0 Å². The third kappa shape index (κ3) is 43.6. The van der Waals surface area contributed by atoms with E-state index in [2.05, 4.69) is 45.9 Å². The quantitative estimate of drug-likeness (QED) is 0.0141. The van der Waals surface area contributed by atoms with Crippen molar-refractivity contribution < 1.29 is 60.3 Å². The zero-order valence-corrected chi connectivity index (χ0v) is 51.6. The van der Waals surface area contributed by atoms with Crippen molar-refractivity contribution in [3.63, 3.8) is 0 Å². The van der Waals surface area contributed by atoms with Gasteiger partial charge >= 0.3 is 35.4 Å². The summed E-state index contributed by atoms with van der Waals surface area (Å²) >= 11 is 0. The lowest BCUT2D eigenvalue weighted by Crippen LogP contribution is -2.57. The number of hydrogen-bond acceptors (Lipinski definition) is 11. The summed E-state index contributed by atoms with van der Waals surface area (Å²) in [5.74, 6) is -1.09. The number of carbonyl (C=O) groups is 6. The Balaban J connectivity index is -0.00000126. The van der Waals surface area contributed by atoms with E-state index in [-0.39, 0.29) is 35.4 Å². The van der Waals surface area contributed by atoms with Gasteiger partial charge in [0.25, 0.3) is 0 Å². The van der Waals surface area contributed by atoms with Gasteiger partial charge in [-0.3, -0.25) is 0 Å². The Morgan fingerprint density at radius 1 is 0.276 bits per heavy atom. The molecular formula is C62H120N2O11S. The van der Waals surface area contributed by atoms with Gasteiger partial charge in [0.15, 0.2) is 0 Å². The number of unbranched alkanes of at least 4 members (excludes halogenated alkanes) is 36. The minimum absolute atomic E-state index is 0.181. The molecule has 0 radical (unpaired) electrons. The second-order valence-corrected chi connectivity index (χ2v) is 23.0. The summed E-state index contributed by atoms with van der Waals surface area (Å²) in [6.07, 6.45) is 49.4. The maximum atomic E-state index is 13.2. The Kier molecular flexibility index (Phi) is 56.2. The van der Waals surface area contributed by atoms with Crippen LogP contribution in [0.25, 0.3) is 0 Å². The van der Waals surface area contributed by atoms with Gasteiger partial charge in [-0.15, -0.1) is 8.97 Å². The largest absolute Gasteiger partial charge is 0.726 e. The lowest BCUT2D eigenvalue weighted by Gasteiger charge is -2.26. The lowest BCUT2D eigenvalue weighted by molar-refractivity contribution is -0.682. The molecule has 0 aliphatic heterocycles. The van der Waals surface area contributed by atoms with Crippen molar-refractivity contribution >= 4 is 45.8 Å². The van der Waals surface area contributed by atoms with Crippen LogP contribution in [0.4, 0.5) is 0 Å². The summed E-state index contributed by atoms with van der Waals surface area (Å²) in [5.41, 5.74) is 0. The van der Waals surface area contributed by atoms with Crippen LogP contribution in [-0.2, 0) is 43.5 Å². The lowest BCUT2D eigenvalue weighted by atomic mass is 10.0. The average Bonchev–Trinajstić information content (AvgIpc) is 3.40. The van der Waals surface area contributed by atoms with Gasteiger partial charge in [-0.05, 0) is 38.5 Å². The van der Waals surface area contributed by atoms with Gasteiger partial charge in [-0.25, -0.2) is 37.2 Å². The van der Waals surface area contributed by atoms with Gasteiger partial charge in [0.2, 0.25) is 10.4 Å². The monoisotopic (exact) mass is 1100 g/mol. The second kappa shape index (κ2) is 54.7. The molecule has 0 aromatic carbocycles. The molecule has 0 saturated carbocycles. The van der Waals surface area contributed by atoms with E-state index in [4.69, 9.17) is 18.2 Å². The highest BCUT2D eigenvalue weighted by Gasteiger charge is 2.46. The molecule has 0 aliphatic rings. The first kappa shape index (κ1) is 78.0.